The Morgan fingerprint density at radius 3 is 2.29 bits per heavy atom. The van der Waals surface area contributed by atoms with Gasteiger partial charge >= 0.3 is 0 Å². The van der Waals surface area contributed by atoms with Crippen LogP contribution in [-0.4, -0.2) is 12.0 Å². The van der Waals surface area contributed by atoms with Gasteiger partial charge in [0.2, 0.25) is 0 Å². The average molecular weight is 250 g/mol. The quantitative estimate of drug-likeness (QED) is 0.510. The number of benzene rings is 1. The Balaban J connectivity index is 2.92. The fourth-order valence-corrected chi connectivity index (χ4v) is 2.77. The molecule has 0 unspecified atom stereocenters. The topological polar surface area (TPSA) is 17.1 Å². The van der Waals surface area contributed by atoms with E-state index in [-0.39, 0.29) is 5.92 Å². The molecule has 0 saturated carbocycles. The highest BCUT2D eigenvalue weighted by Gasteiger charge is 2.20. The molecule has 0 fully saturated rings. The molecule has 0 saturated heterocycles. The zero-order valence-electron chi connectivity index (χ0n) is 11.0. The van der Waals surface area contributed by atoms with Crippen LogP contribution in [0.5, 0.6) is 0 Å². The lowest BCUT2D eigenvalue weighted by Crippen LogP contribution is -2.15. The summed E-state index contributed by atoms with van der Waals surface area (Å²) in [6.07, 6.45) is 6.21. The van der Waals surface area contributed by atoms with Crippen LogP contribution in [0.1, 0.15) is 49.9 Å². The molecule has 1 aromatic carbocycles. The van der Waals surface area contributed by atoms with Crippen LogP contribution in [0.25, 0.3) is 0 Å². The van der Waals surface area contributed by atoms with Crippen molar-refractivity contribution in [1.29, 1.82) is 0 Å². The van der Waals surface area contributed by atoms with E-state index in [0.717, 1.165) is 36.1 Å². The van der Waals surface area contributed by atoms with E-state index in [1.807, 2.05) is 30.5 Å². The summed E-state index contributed by atoms with van der Waals surface area (Å²) >= 11 is 1.66. The monoisotopic (exact) mass is 250 g/mol. The van der Waals surface area contributed by atoms with Gasteiger partial charge in [-0.05, 0) is 25.2 Å². The van der Waals surface area contributed by atoms with Crippen molar-refractivity contribution < 1.29 is 4.79 Å². The van der Waals surface area contributed by atoms with Crippen molar-refractivity contribution >= 4 is 17.5 Å². The number of thioether (sulfide) groups is 1. The summed E-state index contributed by atoms with van der Waals surface area (Å²) in [5.74, 6) is 0.539. The molecule has 1 rings (SSSR count). The second-order valence-electron chi connectivity index (χ2n) is 4.34. The minimum atomic E-state index is 0.207. The van der Waals surface area contributed by atoms with E-state index >= 15 is 0 Å². The van der Waals surface area contributed by atoms with Crippen molar-refractivity contribution in [2.45, 2.75) is 44.4 Å². The van der Waals surface area contributed by atoms with Crippen molar-refractivity contribution in [1.82, 2.24) is 0 Å². The molecule has 0 aliphatic heterocycles. The molecule has 17 heavy (non-hydrogen) atoms. The third kappa shape index (κ3) is 3.88. The van der Waals surface area contributed by atoms with Crippen LogP contribution in [-0.2, 0) is 0 Å². The van der Waals surface area contributed by atoms with E-state index in [9.17, 15) is 4.79 Å². The fraction of sp³-hybridized carbons (Fsp3) is 0.533. The number of rotatable bonds is 7. The average Bonchev–Trinajstić information content (AvgIpc) is 2.37. The summed E-state index contributed by atoms with van der Waals surface area (Å²) in [7, 11) is 0. The second kappa shape index (κ2) is 7.54. The molecule has 2 heteroatoms. The molecule has 1 nitrogen and oxygen atoms in total. The molecule has 0 N–H and O–H groups in total. The summed E-state index contributed by atoms with van der Waals surface area (Å²) in [6, 6.07) is 7.96. The Bertz CT molecular complexity index is 354. The Morgan fingerprint density at radius 1 is 1.18 bits per heavy atom. The van der Waals surface area contributed by atoms with Crippen LogP contribution in [0.2, 0.25) is 0 Å². The molecule has 0 aliphatic carbocycles. The lowest BCUT2D eigenvalue weighted by molar-refractivity contribution is 0.0902. The van der Waals surface area contributed by atoms with Gasteiger partial charge in [0.1, 0.15) is 0 Å². The Morgan fingerprint density at radius 2 is 1.76 bits per heavy atom. The molecule has 1 aromatic rings. The highest BCUT2D eigenvalue weighted by Crippen LogP contribution is 2.26. The SMILES string of the molecule is CCCC(CCC)C(=O)c1ccccc1SC. The Labute approximate surface area is 109 Å². The van der Waals surface area contributed by atoms with E-state index in [1.54, 1.807) is 11.8 Å². The maximum absolute atomic E-state index is 12.5. The number of Topliss-reactive ketones (excluding diaryl/α,β-unsaturated/α-hetero) is 1. The standard InChI is InChI=1S/C15H22OS/c1-4-8-12(9-5-2)15(16)13-10-6-7-11-14(13)17-3/h6-7,10-12H,4-5,8-9H2,1-3H3. The highest BCUT2D eigenvalue weighted by atomic mass is 32.2. The molecular weight excluding hydrogens is 228 g/mol. The third-order valence-electron chi connectivity index (χ3n) is 3.02. The van der Waals surface area contributed by atoms with Crippen LogP contribution in [0.15, 0.2) is 29.2 Å². The fourth-order valence-electron chi connectivity index (χ4n) is 2.17. The van der Waals surface area contributed by atoms with Crippen LogP contribution < -0.4 is 0 Å². The van der Waals surface area contributed by atoms with Crippen molar-refractivity contribution in [2.75, 3.05) is 6.26 Å². The lowest BCUT2D eigenvalue weighted by Gasteiger charge is -2.15. The number of ketones is 1. The zero-order chi connectivity index (χ0) is 12.7. The van der Waals surface area contributed by atoms with E-state index < -0.39 is 0 Å². The number of carbonyl (C=O) groups excluding carboxylic acids is 1. The minimum absolute atomic E-state index is 0.207. The predicted molar refractivity (Wildman–Crippen MR) is 75.9 cm³/mol. The first-order valence-electron chi connectivity index (χ1n) is 6.41. The van der Waals surface area contributed by atoms with Crippen molar-refractivity contribution in [3.63, 3.8) is 0 Å². The lowest BCUT2D eigenvalue weighted by atomic mass is 9.90. The Hall–Kier alpha value is -0.760. The molecule has 0 atom stereocenters. The molecule has 94 valence electrons. The van der Waals surface area contributed by atoms with Crippen LogP contribution >= 0.6 is 11.8 Å². The zero-order valence-corrected chi connectivity index (χ0v) is 11.8. The van der Waals surface area contributed by atoms with Gasteiger partial charge < -0.3 is 0 Å². The number of carbonyl (C=O) groups is 1. The summed E-state index contributed by atoms with van der Waals surface area (Å²) in [5, 5.41) is 0. The first-order valence-corrected chi connectivity index (χ1v) is 7.64. The smallest absolute Gasteiger partial charge is 0.167 e. The molecule has 0 radical (unpaired) electrons. The molecule has 0 aromatic heterocycles. The first-order chi connectivity index (χ1) is 8.24. The van der Waals surface area contributed by atoms with Crippen molar-refractivity contribution in [3.05, 3.63) is 29.8 Å². The molecule has 0 heterocycles. The van der Waals surface area contributed by atoms with Gasteiger partial charge in [0, 0.05) is 16.4 Å². The van der Waals surface area contributed by atoms with Crippen LogP contribution in [0.4, 0.5) is 0 Å². The van der Waals surface area contributed by atoms with E-state index in [1.165, 1.54) is 0 Å². The molecule has 0 aliphatic rings. The van der Waals surface area contributed by atoms with E-state index in [4.69, 9.17) is 0 Å². The van der Waals surface area contributed by atoms with Crippen molar-refractivity contribution in [3.8, 4) is 0 Å². The van der Waals surface area contributed by atoms with Gasteiger partial charge in [0.15, 0.2) is 5.78 Å². The maximum Gasteiger partial charge on any atom is 0.167 e. The normalized spacial score (nSPS) is 10.8. The van der Waals surface area contributed by atoms with Gasteiger partial charge in [-0.1, -0.05) is 44.9 Å². The molecule has 0 spiro atoms. The molecule has 0 amide bonds. The Kier molecular flexibility index (Phi) is 6.35. The predicted octanol–water partition coefficient (Wildman–Crippen LogP) is 4.81. The second-order valence-corrected chi connectivity index (χ2v) is 5.19. The van der Waals surface area contributed by atoms with Crippen molar-refractivity contribution in [2.24, 2.45) is 5.92 Å². The van der Waals surface area contributed by atoms with Gasteiger partial charge in [0.05, 0.1) is 0 Å². The number of hydrogen-bond donors (Lipinski definition) is 0. The van der Waals surface area contributed by atoms with E-state index in [2.05, 4.69) is 13.8 Å². The third-order valence-corrected chi connectivity index (χ3v) is 3.81. The van der Waals surface area contributed by atoms with Crippen LogP contribution in [0, 0.1) is 5.92 Å². The van der Waals surface area contributed by atoms with Gasteiger partial charge in [-0.2, -0.15) is 0 Å². The number of hydrogen-bond acceptors (Lipinski definition) is 2. The maximum atomic E-state index is 12.5. The van der Waals surface area contributed by atoms with Gasteiger partial charge in [-0.25, -0.2) is 0 Å². The van der Waals surface area contributed by atoms with E-state index in [0.29, 0.717) is 5.78 Å². The largest absolute Gasteiger partial charge is 0.294 e. The van der Waals surface area contributed by atoms with Gasteiger partial charge in [-0.15, -0.1) is 11.8 Å². The molecule has 0 bridgehead atoms. The van der Waals surface area contributed by atoms with Crippen LogP contribution in [0.3, 0.4) is 0 Å². The van der Waals surface area contributed by atoms with Gasteiger partial charge in [-0.3, -0.25) is 4.79 Å². The summed E-state index contributed by atoms with van der Waals surface area (Å²) in [5.41, 5.74) is 0.909. The van der Waals surface area contributed by atoms with Gasteiger partial charge in [0.25, 0.3) is 0 Å². The first kappa shape index (κ1) is 14.3. The minimum Gasteiger partial charge on any atom is -0.294 e. The summed E-state index contributed by atoms with van der Waals surface area (Å²) in [4.78, 5) is 13.6. The molecular formula is C15H22OS. The highest BCUT2D eigenvalue weighted by molar-refractivity contribution is 7.98. The summed E-state index contributed by atoms with van der Waals surface area (Å²) < 4.78 is 0. The summed E-state index contributed by atoms with van der Waals surface area (Å²) in [6.45, 7) is 4.30.